The van der Waals surface area contributed by atoms with Gasteiger partial charge in [0.15, 0.2) is 0 Å². The second-order valence-electron chi connectivity index (χ2n) is 4.68. The van der Waals surface area contributed by atoms with Gasteiger partial charge in [-0.2, -0.15) is 0 Å². The van der Waals surface area contributed by atoms with Crippen molar-refractivity contribution in [2.24, 2.45) is 0 Å². The Labute approximate surface area is 110 Å². The third kappa shape index (κ3) is 2.47. The number of fused-ring (bicyclic) bond motifs is 1. The van der Waals surface area contributed by atoms with Crippen molar-refractivity contribution in [3.8, 4) is 12.3 Å². The van der Waals surface area contributed by atoms with Crippen LogP contribution in [-0.2, 0) is 0 Å². The first-order chi connectivity index (χ1) is 8.94. The Morgan fingerprint density at radius 2 is 2.16 bits per heavy atom. The first-order valence-electron chi connectivity index (χ1n) is 5.73. The maximum absolute atomic E-state index is 11.3. The summed E-state index contributed by atoms with van der Waals surface area (Å²) in [6.45, 7) is 3.56. The van der Waals surface area contributed by atoms with Gasteiger partial charge in [-0.15, -0.1) is 6.42 Å². The molecular weight excluding hydrogens is 242 g/mol. The molecule has 0 atom stereocenters. The van der Waals surface area contributed by atoms with Crippen LogP contribution in [0.15, 0.2) is 30.5 Å². The number of terminal acetylenes is 1. The van der Waals surface area contributed by atoms with E-state index < -0.39 is 10.5 Å². The van der Waals surface area contributed by atoms with E-state index >= 15 is 0 Å². The van der Waals surface area contributed by atoms with Crippen LogP contribution in [0.2, 0.25) is 0 Å². The van der Waals surface area contributed by atoms with Crippen LogP contribution < -0.4 is 5.32 Å². The molecule has 0 radical (unpaired) electrons. The number of benzene rings is 1. The van der Waals surface area contributed by atoms with E-state index in [-0.39, 0.29) is 5.69 Å². The number of aromatic nitrogens is 1. The zero-order valence-corrected chi connectivity index (χ0v) is 10.7. The van der Waals surface area contributed by atoms with E-state index in [0.717, 1.165) is 0 Å². The number of nitro benzene ring substituents is 1. The van der Waals surface area contributed by atoms with Gasteiger partial charge in [-0.05, 0) is 38.1 Å². The van der Waals surface area contributed by atoms with Crippen molar-refractivity contribution < 1.29 is 4.92 Å². The highest BCUT2D eigenvalue weighted by atomic mass is 16.6. The number of nitrogens with one attached hydrogen (secondary N) is 1. The van der Waals surface area contributed by atoms with Gasteiger partial charge in [-0.3, -0.25) is 15.1 Å². The third-order valence-electron chi connectivity index (χ3n) is 2.75. The number of nitro groups is 1. The van der Waals surface area contributed by atoms with Gasteiger partial charge in [0.25, 0.3) is 0 Å². The van der Waals surface area contributed by atoms with Crippen LogP contribution in [0.3, 0.4) is 0 Å². The molecule has 0 aliphatic carbocycles. The fraction of sp³-hybridized carbons (Fsp3) is 0.214. The molecule has 0 aliphatic heterocycles. The van der Waals surface area contributed by atoms with Gasteiger partial charge >= 0.3 is 5.69 Å². The van der Waals surface area contributed by atoms with Crippen molar-refractivity contribution in [3.05, 3.63) is 40.6 Å². The molecule has 0 saturated carbocycles. The molecule has 0 bridgehead atoms. The standard InChI is InChI=1S/C14H13N3O2/c1-4-14(2,3)16-12-8-7-11-10(6-5-9-15-11)13(12)17(18)19/h1,5-9,16H,2-3H3. The van der Waals surface area contributed by atoms with Gasteiger partial charge in [0.2, 0.25) is 0 Å². The van der Waals surface area contributed by atoms with Crippen LogP contribution in [0, 0.1) is 22.5 Å². The maximum Gasteiger partial charge on any atom is 0.301 e. The number of anilines is 1. The lowest BCUT2D eigenvalue weighted by atomic mass is 10.1. The summed E-state index contributed by atoms with van der Waals surface area (Å²) in [4.78, 5) is 15.0. The SMILES string of the molecule is C#CC(C)(C)Nc1ccc2ncccc2c1[N+](=O)[O-]. The van der Waals surface area contributed by atoms with E-state index in [2.05, 4.69) is 16.2 Å². The number of hydrogen-bond donors (Lipinski definition) is 1. The van der Waals surface area contributed by atoms with E-state index in [4.69, 9.17) is 6.42 Å². The van der Waals surface area contributed by atoms with Crippen molar-refractivity contribution in [1.82, 2.24) is 4.98 Å². The first-order valence-corrected chi connectivity index (χ1v) is 5.73. The molecule has 0 saturated heterocycles. The lowest BCUT2D eigenvalue weighted by Crippen LogP contribution is -2.28. The summed E-state index contributed by atoms with van der Waals surface area (Å²) in [5, 5.41) is 14.8. The molecule has 19 heavy (non-hydrogen) atoms. The molecule has 5 nitrogen and oxygen atoms in total. The highest BCUT2D eigenvalue weighted by Gasteiger charge is 2.23. The second-order valence-corrected chi connectivity index (χ2v) is 4.68. The molecule has 0 aliphatic rings. The zero-order valence-electron chi connectivity index (χ0n) is 10.7. The summed E-state index contributed by atoms with van der Waals surface area (Å²) in [6, 6.07) is 6.71. The summed E-state index contributed by atoms with van der Waals surface area (Å²) >= 11 is 0. The minimum absolute atomic E-state index is 0.00562. The highest BCUT2D eigenvalue weighted by Crippen LogP contribution is 2.33. The molecule has 0 amide bonds. The molecule has 0 spiro atoms. The monoisotopic (exact) mass is 255 g/mol. The molecule has 1 heterocycles. The summed E-state index contributed by atoms with van der Waals surface area (Å²) in [5.74, 6) is 2.55. The number of nitrogens with zero attached hydrogens (tertiary/aromatic N) is 2. The molecule has 1 aromatic heterocycles. The first kappa shape index (κ1) is 12.8. The Kier molecular flexibility index (Phi) is 3.09. The summed E-state index contributed by atoms with van der Waals surface area (Å²) in [6.07, 6.45) is 7.00. The number of pyridine rings is 1. The average Bonchev–Trinajstić information content (AvgIpc) is 2.37. The van der Waals surface area contributed by atoms with Crippen molar-refractivity contribution in [2.45, 2.75) is 19.4 Å². The topological polar surface area (TPSA) is 68.1 Å². The van der Waals surface area contributed by atoms with Crippen LogP contribution in [0.25, 0.3) is 10.9 Å². The van der Waals surface area contributed by atoms with Crippen molar-refractivity contribution in [2.75, 3.05) is 5.32 Å². The fourth-order valence-corrected chi connectivity index (χ4v) is 1.81. The lowest BCUT2D eigenvalue weighted by molar-refractivity contribution is -0.382. The van der Waals surface area contributed by atoms with E-state index in [0.29, 0.717) is 16.6 Å². The van der Waals surface area contributed by atoms with Gasteiger partial charge in [-0.1, -0.05) is 5.92 Å². The average molecular weight is 255 g/mol. The minimum Gasteiger partial charge on any atom is -0.364 e. The molecule has 2 rings (SSSR count). The van der Waals surface area contributed by atoms with E-state index in [1.807, 2.05) is 0 Å². The van der Waals surface area contributed by atoms with E-state index in [1.165, 1.54) is 0 Å². The number of rotatable bonds is 3. The Hall–Kier alpha value is -2.61. The van der Waals surface area contributed by atoms with Crippen molar-refractivity contribution in [1.29, 1.82) is 0 Å². The molecular formula is C14H13N3O2. The maximum atomic E-state index is 11.3. The Morgan fingerprint density at radius 3 is 2.79 bits per heavy atom. The van der Waals surface area contributed by atoms with Crippen molar-refractivity contribution >= 4 is 22.3 Å². The van der Waals surface area contributed by atoms with Crippen molar-refractivity contribution in [3.63, 3.8) is 0 Å². The van der Waals surface area contributed by atoms with Gasteiger partial charge in [-0.25, -0.2) is 0 Å². The Morgan fingerprint density at radius 1 is 1.42 bits per heavy atom. The molecule has 5 heteroatoms. The predicted molar refractivity (Wildman–Crippen MR) is 74.9 cm³/mol. The van der Waals surface area contributed by atoms with Crippen LogP contribution in [0.4, 0.5) is 11.4 Å². The second kappa shape index (κ2) is 4.58. The molecule has 0 fully saturated rings. The number of hydrogen-bond acceptors (Lipinski definition) is 4. The van der Waals surface area contributed by atoms with Crippen LogP contribution >= 0.6 is 0 Å². The normalized spacial score (nSPS) is 11.0. The summed E-state index contributed by atoms with van der Waals surface area (Å²) in [5.41, 5.74) is 0.307. The highest BCUT2D eigenvalue weighted by molar-refractivity contribution is 5.94. The minimum atomic E-state index is -0.666. The Bertz CT molecular complexity index is 687. The predicted octanol–water partition coefficient (Wildman–Crippen LogP) is 2.97. The van der Waals surface area contributed by atoms with Crippen LogP contribution in [0.5, 0.6) is 0 Å². The molecule has 0 unspecified atom stereocenters. The quantitative estimate of drug-likeness (QED) is 0.520. The Balaban J connectivity index is 2.66. The lowest BCUT2D eigenvalue weighted by Gasteiger charge is -2.21. The van der Waals surface area contributed by atoms with Gasteiger partial charge in [0.1, 0.15) is 5.69 Å². The zero-order chi connectivity index (χ0) is 14.0. The fourth-order valence-electron chi connectivity index (χ4n) is 1.81. The largest absolute Gasteiger partial charge is 0.364 e. The van der Waals surface area contributed by atoms with Gasteiger partial charge in [0.05, 0.1) is 21.4 Å². The molecule has 96 valence electrons. The van der Waals surface area contributed by atoms with Crippen LogP contribution in [-0.4, -0.2) is 15.4 Å². The summed E-state index contributed by atoms with van der Waals surface area (Å²) < 4.78 is 0. The van der Waals surface area contributed by atoms with Crippen LogP contribution in [0.1, 0.15) is 13.8 Å². The third-order valence-corrected chi connectivity index (χ3v) is 2.75. The smallest absolute Gasteiger partial charge is 0.301 e. The van der Waals surface area contributed by atoms with E-state index in [1.54, 1.807) is 44.3 Å². The summed E-state index contributed by atoms with van der Waals surface area (Å²) in [7, 11) is 0. The molecule has 2 aromatic rings. The van der Waals surface area contributed by atoms with Gasteiger partial charge < -0.3 is 5.32 Å². The molecule has 1 N–H and O–H groups in total. The van der Waals surface area contributed by atoms with Gasteiger partial charge in [0, 0.05) is 6.20 Å². The molecule has 1 aromatic carbocycles. The van der Waals surface area contributed by atoms with E-state index in [9.17, 15) is 10.1 Å².